The summed E-state index contributed by atoms with van der Waals surface area (Å²) in [5.74, 6) is 0.790. The molecule has 0 spiro atoms. The van der Waals surface area contributed by atoms with Crippen LogP contribution in [-0.4, -0.2) is 36.8 Å². The topological polar surface area (TPSA) is 71.2 Å². The summed E-state index contributed by atoms with van der Waals surface area (Å²) in [7, 11) is 0. The molecule has 7 heteroatoms. The molecule has 134 valence electrons. The fraction of sp³-hybridized carbons (Fsp3) is 0.316. The van der Waals surface area contributed by atoms with E-state index < -0.39 is 12.0 Å². The van der Waals surface area contributed by atoms with Gasteiger partial charge in [0.2, 0.25) is 0 Å². The maximum atomic E-state index is 11.8. The van der Waals surface area contributed by atoms with Crippen LogP contribution in [0.4, 0.5) is 0 Å². The molecule has 1 N–H and O–H groups in total. The van der Waals surface area contributed by atoms with Crippen molar-refractivity contribution in [3.8, 4) is 10.4 Å². The van der Waals surface area contributed by atoms with Crippen molar-refractivity contribution >= 4 is 17.3 Å². The van der Waals surface area contributed by atoms with Gasteiger partial charge in [0.25, 0.3) is 0 Å². The van der Waals surface area contributed by atoms with Crippen LogP contribution in [0.2, 0.25) is 0 Å². The predicted octanol–water partition coefficient (Wildman–Crippen LogP) is 3.09. The summed E-state index contributed by atoms with van der Waals surface area (Å²) in [6.07, 6.45) is 0. The Bertz CT molecular complexity index is 945. The van der Waals surface area contributed by atoms with Crippen molar-refractivity contribution in [2.75, 3.05) is 0 Å². The van der Waals surface area contributed by atoms with Crippen LogP contribution < -0.4 is 0 Å². The van der Waals surface area contributed by atoms with E-state index in [1.807, 2.05) is 16.4 Å². The number of thiophene rings is 1. The number of hydrogen-bond donors (Lipinski definition) is 1. The Labute approximate surface area is 155 Å². The molecular weight excluding hydrogens is 348 g/mol. The van der Waals surface area contributed by atoms with Crippen LogP contribution in [0.3, 0.4) is 0 Å². The van der Waals surface area contributed by atoms with E-state index in [2.05, 4.69) is 53.5 Å². The molecule has 26 heavy (non-hydrogen) atoms. The smallest absolute Gasteiger partial charge is 0.322 e. The van der Waals surface area contributed by atoms with Crippen LogP contribution in [0.25, 0.3) is 10.4 Å². The largest absolute Gasteiger partial charge is 0.480 e. The zero-order valence-corrected chi connectivity index (χ0v) is 15.5. The molecule has 1 atom stereocenters. The molecule has 0 saturated heterocycles. The lowest BCUT2D eigenvalue weighted by molar-refractivity contribution is -0.145. The van der Waals surface area contributed by atoms with Gasteiger partial charge in [0.1, 0.15) is 17.7 Å². The molecule has 1 unspecified atom stereocenters. The first kappa shape index (κ1) is 16.9. The molecule has 1 aromatic carbocycles. The van der Waals surface area contributed by atoms with Gasteiger partial charge in [0, 0.05) is 16.3 Å². The highest BCUT2D eigenvalue weighted by Crippen LogP contribution is 2.30. The van der Waals surface area contributed by atoms with Gasteiger partial charge in [-0.25, -0.2) is 0 Å². The number of aryl methyl sites for hydroxylation is 2. The van der Waals surface area contributed by atoms with Gasteiger partial charge in [-0.2, -0.15) is 0 Å². The van der Waals surface area contributed by atoms with E-state index in [9.17, 15) is 9.90 Å². The molecule has 0 aliphatic carbocycles. The van der Waals surface area contributed by atoms with Gasteiger partial charge in [0.15, 0.2) is 0 Å². The average Bonchev–Trinajstić information content (AvgIpc) is 3.22. The molecule has 0 amide bonds. The van der Waals surface area contributed by atoms with E-state index in [1.54, 1.807) is 11.3 Å². The number of aliphatic carboxylic acids is 1. The molecule has 1 aliphatic rings. The van der Waals surface area contributed by atoms with Crippen molar-refractivity contribution in [3.63, 3.8) is 0 Å². The Hall–Kier alpha value is -2.51. The second-order valence-corrected chi connectivity index (χ2v) is 7.83. The van der Waals surface area contributed by atoms with Gasteiger partial charge < -0.3 is 9.67 Å². The van der Waals surface area contributed by atoms with Gasteiger partial charge in [0.05, 0.1) is 13.1 Å². The predicted molar refractivity (Wildman–Crippen MR) is 99.9 cm³/mol. The summed E-state index contributed by atoms with van der Waals surface area (Å²) in [6.45, 7) is 5.42. The third-order valence-corrected chi connectivity index (χ3v) is 5.91. The first-order valence-corrected chi connectivity index (χ1v) is 9.34. The van der Waals surface area contributed by atoms with Crippen molar-refractivity contribution in [2.24, 2.45) is 0 Å². The van der Waals surface area contributed by atoms with Gasteiger partial charge >= 0.3 is 5.97 Å². The third kappa shape index (κ3) is 3.15. The normalized spacial score (nSPS) is 17.2. The van der Waals surface area contributed by atoms with Crippen LogP contribution in [0.15, 0.2) is 36.4 Å². The Morgan fingerprint density at radius 2 is 1.96 bits per heavy atom. The quantitative estimate of drug-likeness (QED) is 0.766. The number of fused-ring (bicyclic) bond motifs is 1. The number of benzene rings is 1. The minimum Gasteiger partial charge on any atom is -0.480 e. The fourth-order valence-electron chi connectivity index (χ4n) is 3.30. The number of carboxylic acids is 1. The summed E-state index contributed by atoms with van der Waals surface area (Å²) in [6, 6.07) is 12.1. The van der Waals surface area contributed by atoms with E-state index in [4.69, 9.17) is 0 Å². The molecule has 0 fully saturated rings. The SMILES string of the molecule is Cc1ccc(-c2ccc(CN3Cc4nnc(C)n4CC3C(=O)O)s2)cc1. The number of hydrogen-bond acceptors (Lipinski definition) is 5. The monoisotopic (exact) mass is 368 g/mol. The number of aromatic nitrogens is 3. The lowest BCUT2D eigenvalue weighted by Gasteiger charge is -2.33. The number of carboxylic acid groups (broad SMARTS) is 1. The summed E-state index contributed by atoms with van der Waals surface area (Å²) >= 11 is 1.71. The van der Waals surface area contributed by atoms with Crippen molar-refractivity contribution in [2.45, 2.75) is 39.5 Å². The fourth-order valence-corrected chi connectivity index (χ4v) is 4.33. The van der Waals surface area contributed by atoms with Crippen LogP contribution >= 0.6 is 11.3 Å². The minimum atomic E-state index is -0.806. The molecule has 3 heterocycles. The van der Waals surface area contributed by atoms with Gasteiger partial charge in [-0.3, -0.25) is 9.69 Å². The molecule has 0 radical (unpaired) electrons. The second kappa shape index (κ2) is 6.66. The average molecular weight is 368 g/mol. The summed E-state index contributed by atoms with van der Waals surface area (Å²) in [5, 5.41) is 17.9. The van der Waals surface area contributed by atoms with E-state index in [0.29, 0.717) is 19.6 Å². The highest BCUT2D eigenvalue weighted by molar-refractivity contribution is 7.15. The highest BCUT2D eigenvalue weighted by Gasteiger charge is 2.33. The molecule has 3 aromatic rings. The summed E-state index contributed by atoms with van der Waals surface area (Å²) in [4.78, 5) is 16.1. The van der Waals surface area contributed by atoms with Gasteiger partial charge in [-0.15, -0.1) is 21.5 Å². The van der Waals surface area contributed by atoms with E-state index >= 15 is 0 Å². The van der Waals surface area contributed by atoms with Gasteiger partial charge in [-0.1, -0.05) is 29.8 Å². The van der Waals surface area contributed by atoms with E-state index in [-0.39, 0.29) is 0 Å². The first-order chi connectivity index (χ1) is 12.5. The van der Waals surface area contributed by atoms with Crippen molar-refractivity contribution in [1.29, 1.82) is 0 Å². The van der Waals surface area contributed by atoms with Crippen molar-refractivity contribution in [1.82, 2.24) is 19.7 Å². The summed E-state index contributed by atoms with van der Waals surface area (Å²) < 4.78 is 1.90. The number of carbonyl (C=O) groups is 1. The number of nitrogens with zero attached hydrogens (tertiary/aromatic N) is 4. The van der Waals surface area contributed by atoms with E-state index in [0.717, 1.165) is 16.5 Å². The maximum absolute atomic E-state index is 11.8. The Balaban J connectivity index is 1.56. The maximum Gasteiger partial charge on any atom is 0.322 e. The van der Waals surface area contributed by atoms with Crippen molar-refractivity contribution in [3.05, 3.63) is 58.5 Å². The van der Waals surface area contributed by atoms with Gasteiger partial charge in [-0.05, 0) is 31.5 Å². The lowest BCUT2D eigenvalue weighted by atomic mass is 10.1. The Kier molecular flexibility index (Phi) is 4.34. The van der Waals surface area contributed by atoms with E-state index in [1.165, 1.54) is 16.0 Å². The van der Waals surface area contributed by atoms with Crippen LogP contribution in [0, 0.1) is 13.8 Å². The van der Waals surface area contributed by atoms with Crippen LogP contribution in [0.5, 0.6) is 0 Å². The van der Waals surface area contributed by atoms with Crippen molar-refractivity contribution < 1.29 is 9.90 Å². The second-order valence-electron chi connectivity index (χ2n) is 6.67. The van der Waals surface area contributed by atoms with Crippen LogP contribution in [-0.2, 0) is 24.4 Å². The molecule has 6 nitrogen and oxygen atoms in total. The minimum absolute atomic E-state index is 0.389. The van der Waals surface area contributed by atoms with Crippen LogP contribution in [0.1, 0.15) is 22.1 Å². The molecule has 1 aliphatic heterocycles. The standard InChI is InChI=1S/C19H20N4O2S/c1-12-3-5-14(6-4-12)17-8-7-15(26-17)9-22-11-18-21-20-13(2)23(18)10-16(22)19(24)25/h3-8,16H,9-11H2,1-2H3,(H,24,25). The zero-order valence-electron chi connectivity index (χ0n) is 14.7. The third-order valence-electron chi connectivity index (χ3n) is 4.79. The molecule has 2 aromatic heterocycles. The lowest BCUT2D eigenvalue weighted by Crippen LogP contribution is -2.47. The molecule has 4 rings (SSSR count). The summed E-state index contributed by atoms with van der Waals surface area (Å²) in [5.41, 5.74) is 2.43. The Morgan fingerprint density at radius 3 is 2.69 bits per heavy atom. The zero-order chi connectivity index (χ0) is 18.3. The first-order valence-electron chi connectivity index (χ1n) is 8.52. The molecule has 0 bridgehead atoms. The molecular formula is C19H20N4O2S. The molecule has 0 saturated carbocycles. The Morgan fingerprint density at radius 1 is 1.19 bits per heavy atom. The highest BCUT2D eigenvalue weighted by atomic mass is 32.1. The number of rotatable bonds is 4.